The number of furan rings is 1. The molecule has 7 heteroatoms. The number of hydrogen-bond donors (Lipinski definition) is 2. The first-order valence-electron chi connectivity index (χ1n) is 9.82. The molecule has 5 nitrogen and oxygen atoms in total. The normalized spacial score (nSPS) is 11.9. The largest absolute Gasteiger partial charge is 0.459 e. The molecule has 1 unspecified atom stereocenters. The molecule has 0 aliphatic heterocycles. The summed E-state index contributed by atoms with van der Waals surface area (Å²) in [5, 5.41) is 6.96. The van der Waals surface area contributed by atoms with Crippen molar-refractivity contribution < 1.29 is 13.6 Å². The number of halogens is 1. The smallest absolute Gasteiger partial charge is 0.291 e. The Morgan fingerprint density at radius 3 is 2.65 bits per heavy atom. The molecule has 0 aliphatic rings. The Kier molecular flexibility index (Phi) is 5.86. The first-order valence-corrected chi connectivity index (χ1v) is 10.6. The van der Waals surface area contributed by atoms with Gasteiger partial charge in [0.05, 0.1) is 12.3 Å². The van der Waals surface area contributed by atoms with Gasteiger partial charge in [0.1, 0.15) is 16.6 Å². The number of aromatic nitrogens is 1. The van der Waals surface area contributed by atoms with Gasteiger partial charge in [0, 0.05) is 22.2 Å². The van der Waals surface area contributed by atoms with Crippen LogP contribution in [0, 0.1) is 26.6 Å². The Morgan fingerprint density at radius 1 is 1.13 bits per heavy atom. The zero-order chi connectivity index (χ0) is 22.0. The number of carbonyl (C=O) groups excluding carboxylic acids is 1. The van der Waals surface area contributed by atoms with Crippen LogP contribution in [0.25, 0.3) is 0 Å². The monoisotopic (exact) mass is 435 g/mol. The van der Waals surface area contributed by atoms with Crippen LogP contribution in [-0.4, -0.2) is 10.9 Å². The molecule has 1 amide bonds. The summed E-state index contributed by atoms with van der Waals surface area (Å²) < 4.78 is 20.1. The molecule has 3 heterocycles. The standard InChI is InChI=1S/C24H22FN3O2S/c1-14-10-11-26-20(13-14)27-22(17-7-4-5-8-18(17)25)21-15(2)16(3)31-24(21)28-23(29)19-9-6-12-30-19/h4-13,22H,1-3H3,(H,26,27)(H,28,29). The van der Waals surface area contributed by atoms with E-state index in [0.29, 0.717) is 16.4 Å². The molecule has 31 heavy (non-hydrogen) atoms. The molecule has 1 aromatic carbocycles. The molecule has 0 saturated heterocycles. The number of nitrogens with zero attached hydrogens (tertiary/aromatic N) is 1. The van der Waals surface area contributed by atoms with Crippen LogP contribution in [0.15, 0.2) is 65.4 Å². The van der Waals surface area contributed by atoms with Crippen LogP contribution >= 0.6 is 11.3 Å². The number of hydrogen-bond acceptors (Lipinski definition) is 5. The molecule has 0 spiro atoms. The van der Waals surface area contributed by atoms with E-state index in [2.05, 4.69) is 15.6 Å². The lowest BCUT2D eigenvalue weighted by atomic mass is 9.96. The summed E-state index contributed by atoms with van der Waals surface area (Å²) in [5.74, 6) is 0.151. The molecule has 0 aliphatic carbocycles. The van der Waals surface area contributed by atoms with Gasteiger partial charge in [0.15, 0.2) is 5.76 Å². The Labute approximate surface area is 184 Å². The molecule has 0 bridgehead atoms. The fourth-order valence-corrected chi connectivity index (χ4v) is 4.53. The molecule has 2 N–H and O–H groups in total. The minimum Gasteiger partial charge on any atom is -0.459 e. The van der Waals surface area contributed by atoms with Crippen molar-refractivity contribution in [3.8, 4) is 0 Å². The van der Waals surface area contributed by atoms with Crippen molar-refractivity contribution in [2.75, 3.05) is 10.6 Å². The van der Waals surface area contributed by atoms with Crippen LogP contribution < -0.4 is 10.6 Å². The molecule has 4 rings (SSSR count). The van der Waals surface area contributed by atoms with Gasteiger partial charge >= 0.3 is 0 Å². The number of rotatable bonds is 6. The highest BCUT2D eigenvalue weighted by molar-refractivity contribution is 7.16. The van der Waals surface area contributed by atoms with Crippen LogP contribution in [0.5, 0.6) is 0 Å². The Morgan fingerprint density at radius 2 is 1.94 bits per heavy atom. The minimum atomic E-state index is -0.549. The molecule has 4 aromatic rings. The van der Waals surface area contributed by atoms with Gasteiger partial charge in [-0.05, 0) is 62.2 Å². The van der Waals surface area contributed by atoms with Crippen LogP contribution in [0.4, 0.5) is 15.2 Å². The SMILES string of the molecule is Cc1ccnc(NC(c2ccccc2F)c2c(NC(=O)c3ccco3)sc(C)c2C)c1. The average Bonchev–Trinajstić information content (AvgIpc) is 3.36. The summed E-state index contributed by atoms with van der Waals surface area (Å²) in [5.41, 5.74) is 3.29. The maximum absolute atomic E-state index is 14.9. The van der Waals surface area contributed by atoms with Crippen LogP contribution in [0.2, 0.25) is 0 Å². The third-order valence-electron chi connectivity index (χ3n) is 5.12. The maximum atomic E-state index is 14.9. The van der Waals surface area contributed by atoms with Gasteiger partial charge in [-0.3, -0.25) is 4.79 Å². The van der Waals surface area contributed by atoms with E-state index >= 15 is 0 Å². The number of amides is 1. The fourth-order valence-electron chi connectivity index (χ4n) is 3.44. The Balaban J connectivity index is 1.81. The van der Waals surface area contributed by atoms with Gasteiger partial charge in [-0.2, -0.15) is 0 Å². The predicted octanol–water partition coefficient (Wildman–Crippen LogP) is 6.25. The molecule has 158 valence electrons. The molecule has 1 atom stereocenters. The van der Waals surface area contributed by atoms with Crippen molar-refractivity contribution in [3.05, 3.63) is 99.7 Å². The molecular weight excluding hydrogens is 413 g/mol. The van der Waals surface area contributed by atoms with E-state index in [-0.39, 0.29) is 17.5 Å². The molecule has 3 aromatic heterocycles. The highest BCUT2D eigenvalue weighted by Crippen LogP contribution is 2.41. The lowest BCUT2D eigenvalue weighted by molar-refractivity contribution is 0.0997. The van der Waals surface area contributed by atoms with Crippen molar-refractivity contribution in [1.29, 1.82) is 0 Å². The maximum Gasteiger partial charge on any atom is 0.291 e. The molecule has 0 radical (unpaired) electrons. The second-order valence-electron chi connectivity index (χ2n) is 7.27. The lowest BCUT2D eigenvalue weighted by Gasteiger charge is -2.23. The van der Waals surface area contributed by atoms with Crippen molar-refractivity contribution in [2.45, 2.75) is 26.8 Å². The number of aryl methyl sites for hydroxylation is 2. The Hall–Kier alpha value is -3.45. The average molecular weight is 436 g/mol. The third kappa shape index (κ3) is 4.36. The van der Waals surface area contributed by atoms with Gasteiger partial charge in [0.2, 0.25) is 0 Å². The second-order valence-corrected chi connectivity index (χ2v) is 8.50. The predicted molar refractivity (Wildman–Crippen MR) is 121 cm³/mol. The van der Waals surface area contributed by atoms with Crippen LogP contribution in [-0.2, 0) is 0 Å². The van der Waals surface area contributed by atoms with Gasteiger partial charge in [0.25, 0.3) is 5.91 Å². The number of benzene rings is 1. The number of thiophene rings is 1. The number of anilines is 2. The molecule has 0 fully saturated rings. The summed E-state index contributed by atoms with van der Waals surface area (Å²) in [7, 11) is 0. The van der Waals surface area contributed by atoms with Gasteiger partial charge in [-0.1, -0.05) is 18.2 Å². The van der Waals surface area contributed by atoms with Crippen LogP contribution in [0.3, 0.4) is 0 Å². The minimum absolute atomic E-state index is 0.213. The highest BCUT2D eigenvalue weighted by Gasteiger charge is 2.27. The van der Waals surface area contributed by atoms with E-state index in [9.17, 15) is 9.18 Å². The third-order valence-corrected chi connectivity index (χ3v) is 6.25. The summed E-state index contributed by atoms with van der Waals surface area (Å²) in [6, 6.07) is 13.2. The van der Waals surface area contributed by atoms with Crippen LogP contribution in [0.1, 0.15) is 43.7 Å². The summed E-state index contributed by atoms with van der Waals surface area (Å²) in [6.45, 7) is 5.93. The first-order chi connectivity index (χ1) is 14.9. The zero-order valence-corrected chi connectivity index (χ0v) is 18.2. The van der Waals surface area contributed by atoms with Gasteiger partial charge in [-0.25, -0.2) is 9.37 Å². The van der Waals surface area contributed by atoms with E-state index in [1.807, 2.05) is 32.9 Å². The van der Waals surface area contributed by atoms with Gasteiger partial charge in [-0.15, -0.1) is 11.3 Å². The van der Waals surface area contributed by atoms with E-state index in [1.165, 1.54) is 23.7 Å². The summed E-state index contributed by atoms with van der Waals surface area (Å²) >= 11 is 1.45. The summed E-state index contributed by atoms with van der Waals surface area (Å²) in [6.07, 6.45) is 3.16. The summed E-state index contributed by atoms with van der Waals surface area (Å²) in [4.78, 5) is 18.1. The highest BCUT2D eigenvalue weighted by atomic mass is 32.1. The molecule has 0 saturated carbocycles. The van der Waals surface area contributed by atoms with Gasteiger partial charge < -0.3 is 15.1 Å². The van der Waals surface area contributed by atoms with Crippen molar-refractivity contribution in [1.82, 2.24) is 4.98 Å². The quantitative estimate of drug-likeness (QED) is 0.375. The topological polar surface area (TPSA) is 67.2 Å². The zero-order valence-electron chi connectivity index (χ0n) is 17.4. The number of nitrogens with one attached hydrogen (secondary N) is 2. The first kappa shape index (κ1) is 20.8. The Bertz CT molecular complexity index is 1220. The van der Waals surface area contributed by atoms with E-state index in [0.717, 1.165) is 21.6 Å². The van der Waals surface area contributed by atoms with Crippen molar-refractivity contribution in [2.24, 2.45) is 0 Å². The van der Waals surface area contributed by atoms with E-state index in [4.69, 9.17) is 4.42 Å². The van der Waals surface area contributed by atoms with E-state index < -0.39 is 6.04 Å². The number of pyridine rings is 1. The van der Waals surface area contributed by atoms with E-state index in [1.54, 1.807) is 36.5 Å². The number of carbonyl (C=O) groups is 1. The van der Waals surface area contributed by atoms with Crippen molar-refractivity contribution >= 4 is 28.1 Å². The van der Waals surface area contributed by atoms with Crippen molar-refractivity contribution in [3.63, 3.8) is 0 Å². The second kappa shape index (κ2) is 8.73. The fraction of sp³-hybridized carbons (Fsp3) is 0.167. The lowest BCUT2D eigenvalue weighted by Crippen LogP contribution is -2.18. The molecular formula is C24H22FN3O2S.